The number of hydrogen-bond donors (Lipinski definition) is 0. The standard InChI is InChI=1S/C13H11BrO6/c1-17-9-7-4-6(5-15)13(16)20-10(7)12(19-3)11(18-2)8(9)14/h4-5H,1-3H3. The maximum atomic E-state index is 11.7. The second kappa shape index (κ2) is 5.54. The molecule has 1 aromatic carbocycles. The average Bonchev–Trinajstić information content (AvgIpc) is 2.45. The first-order valence-corrected chi connectivity index (χ1v) is 6.28. The topological polar surface area (TPSA) is 75.0 Å². The second-order valence-corrected chi connectivity index (χ2v) is 4.56. The van der Waals surface area contributed by atoms with Gasteiger partial charge in [-0.15, -0.1) is 0 Å². The third-order valence-corrected chi connectivity index (χ3v) is 3.49. The van der Waals surface area contributed by atoms with Gasteiger partial charge in [-0.1, -0.05) is 0 Å². The Balaban J connectivity index is 3.05. The van der Waals surface area contributed by atoms with Crippen molar-refractivity contribution in [1.82, 2.24) is 0 Å². The van der Waals surface area contributed by atoms with E-state index in [0.29, 0.717) is 27.6 Å². The molecule has 1 heterocycles. The molecule has 0 aliphatic rings. The highest BCUT2D eigenvalue weighted by Crippen LogP contribution is 2.48. The molecule has 1 aromatic heterocycles. The molecular weight excluding hydrogens is 332 g/mol. The molecule has 0 bridgehead atoms. The molecule has 20 heavy (non-hydrogen) atoms. The molecule has 0 aliphatic heterocycles. The lowest BCUT2D eigenvalue weighted by Gasteiger charge is -2.15. The van der Waals surface area contributed by atoms with E-state index in [2.05, 4.69) is 15.9 Å². The molecule has 106 valence electrons. The number of carbonyl (C=O) groups excluding carboxylic acids is 1. The highest BCUT2D eigenvalue weighted by atomic mass is 79.9. The van der Waals surface area contributed by atoms with Crippen molar-refractivity contribution in [2.45, 2.75) is 0 Å². The highest BCUT2D eigenvalue weighted by molar-refractivity contribution is 9.10. The zero-order valence-corrected chi connectivity index (χ0v) is 12.6. The molecule has 0 spiro atoms. The van der Waals surface area contributed by atoms with Crippen molar-refractivity contribution in [2.24, 2.45) is 0 Å². The molecule has 0 atom stereocenters. The summed E-state index contributed by atoms with van der Waals surface area (Å²) >= 11 is 3.34. The lowest BCUT2D eigenvalue weighted by molar-refractivity contribution is 0.112. The van der Waals surface area contributed by atoms with Gasteiger partial charge in [0.2, 0.25) is 5.75 Å². The van der Waals surface area contributed by atoms with Crippen molar-refractivity contribution in [1.29, 1.82) is 0 Å². The van der Waals surface area contributed by atoms with Crippen LogP contribution < -0.4 is 19.8 Å². The van der Waals surface area contributed by atoms with Crippen molar-refractivity contribution >= 4 is 33.2 Å². The Bertz CT molecular complexity index is 734. The Labute approximate surface area is 122 Å². The van der Waals surface area contributed by atoms with E-state index in [4.69, 9.17) is 18.6 Å². The number of hydrogen-bond acceptors (Lipinski definition) is 6. The van der Waals surface area contributed by atoms with Crippen molar-refractivity contribution in [3.8, 4) is 17.2 Å². The number of aldehydes is 1. The molecule has 0 unspecified atom stereocenters. The van der Waals surface area contributed by atoms with Gasteiger partial charge in [-0.05, 0) is 22.0 Å². The average molecular weight is 343 g/mol. The number of fused-ring (bicyclic) bond motifs is 1. The minimum Gasteiger partial charge on any atom is -0.495 e. The van der Waals surface area contributed by atoms with Crippen molar-refractivity contribution in [2.75, 3.05) is 21.3 Å². The molecule has 0 amide bonds. The Morgan fingerprint density at radius 3 is 2.20 bits per heavy atom. The SMILES string of the molecule is COc1c(Br)c(OC)c2cc(C=O)c(=O)oc2c1OC. The Kier molecular flexibility index (Phi) is 3.99. The summed E-state index contributed by atoms with van der Waals surface area (Å²) in [6.07, 6.45) is 0.426. The fourth-order valence-electron chi connectivity index (χ4n) is 1.90. The van der Waals surface area contributed by atoms with E-state index in [1.165, 1.54) is 27.4 Å². The van der Waals surface area contributed by atoms with Crippen LogP contribution in [0.15, 0.2) is 19.8 Å². The minimum absolute atomic E-state index is 0.102. The monoisotopic (exact) mass is 342 g/mol. The normalized spacial score (nSPS) is 10.4. The quantitative estimate of drug-likeness (QED) is 0.627. The van der Waals surface area contributed by atoms with Crippen LogP contribution in [0.1, 0.15) is 10.4 Å². The summed E-state index contributed by atoms with van der Waals surface area (Å²) in [5.41, 5.74) is -0.702. The summed E-state index contributed by atoms with van der Waals surface area (Å²) in [4.78, 5) is 22.5. The largest absolute Gasteiger partial charge is 0.495 e. The molecule has 0 saturated heterocycles. The first-order valence-electron chi connectivity index (χ1n) is 5.49. The molecule has 0 aliphatic carbocycles. The number of methoxy groups -OCH3 is 3. The van der Waals surface area contributed by atoms with E-state index >= 15 is 0 Å². The zero-order valence-electron chi connectivity index (χ0n) is 11.0. The third-order valence-electron chi connectivity index (χ3n) is 2.77. The number of benzene rings is 1. The van der Waals surface area contributed by atoms with Gasteiger partial charge in [0.25, 0.3) is 0 Å². The predicted molar refractivity (Wildman–Crippen MR) is 75.2 cm³/mol. The van der Waals surface area contributed by atoms with E-state index in [-0.39, 0.29) is 16.9 Å². The van der Waals surface area contributed by atoms with Gasteiger partial charge >= 0.3 is 5.63 Å². The lowest BCUT2D eigenvalue weighted by atomic mass is 10.1. The number of ether oxygens (including phenoxy) is 3. The van der Waals surface area contributed by atoms with Gasteiger partial charge in [0.05, 0.1) is 26.7 Å². The predicted octanol–water partition coefficient (Wildman–Crippen LogP) is 2.39. The molecule has 0 fully saturated rings. The van der Waals surface area contributed by atoms with Crippen LogP contribution in [0.25, 0.3) is 11.0 Å². The van der Waals surface area contributed by atoms with E-state index in [0.717, 1.165) is 0 Å². The van der Waals surface area contributed by atoms with Gasteiger partial charge < -0.3 is 18.6 Å². The maximum absolute atomic E-state index is 11.7. The molecule has 6 nitrogen and oxygen atoms in total. The van der Waals surface area contributed by atoms with E-state index in [1.807, 2.05) is 0 Å². The molecular formula is C13H11BrO6. The smallest absolute Gasteiger partial charge is 0.347 e. The number of halogens is 1. The van der Waals surface area contributed by atoms with Crippen molar-refractivity contribution < 1.29 is 23.4 Å². The fraction of sp³-hybridized carbons (Fsp3) is 0.231. The van der Waals surface area contributed by atoms with Crippen LogP contribution in [0, 0.1) is 0 Å². The fourth-order valence-corrected chi connectivity index (χ4v) is 2.61. The maximum Gasteiger partial charge on any atom is 0.347 e. The van der Waals surface area contributed by atoms with E-state index in [1.54, 1.807) is 0 Å². The molecule has 2 aromatic rings. The summed E-state index contributed by atoms with van der Waals surface area (Å²) in [5, 5.41) is 0.429. The van der Waals surface area contributed by atoms with Crippen LogP contribution in [-0.2, 0) is 0 Å². The summed E-state index contributed by atoms with van der Waals surface area (Å²) < 4.78 is 21.4. The number of carbonyl (C=O) groups is 1. The molecule has 0 N–H and O–H groups in total. The zero-order chi connectivity index (χ0) is 14.9. The van der Waals surface area contributed by atoms with Gasteiger partial charge in [0.15, 0.2) is 17.6 Å². The van der Waals surface area contributed by atoms with E-state index < -0.39 is 5.63 Å². The Hall–Kier alpha value is -2.02. The minimum atomic E-state index is -0.753. The first kappa shape index (κ1) is 14.4. The van der Waals surface area contributed by atoms with E-state index in [9.17, 15) is 9.59 Å². The van der Waals surface area contributed by atoms with Crippen LogP contribution in [0.4, 0.5) is 0 Å². The Morgan fingerprint density at radius 2 is 1.70 bits per heavy atom. The van der Waals surface area contributed by atoms with Crippen molar-refractivity contribution in [3.63, 3.8) is 0 Å². The highest BCUT2D eigenvalue weighted by Gasteiger charge is 2.23. The summed E-state index contributed by atoms with van der Waals surface area (Å²) in [6, 6.07) is 1.39. The lowest BCUT2D eigenvalue weighted by Crippen LogP contribution is -2.07. The van der Waals surface area contributed by atoms with Gasteiger partial charge in [0, 0.05) is 0 Å². The summed E-state index contributed by atoms with van der Waals surface area (Å²) in [6.45, 7) is 0. The molecule has 2 rings (SSSR count). The third kappa shape index (κ3) is 2.03. The Morgan fingerprint density at radius 1 is 1.10 bits per heavy atom. The van der Waals surface area contributed by atoms with Crippen LogP contribution >= 0.6 is 15.9 Å². The summed E-state index contributed by atoms with van der Waals surface area (Å²) in [5.74, 6) is 0.952. The van der Waals surface area contributed by atoms with Gasteiger partial charge in [-0.3, -0.25) is 4.79 Å². The summed E-state index contributed by atoms with van der Waals surface area (Å²) in [7, 11) is 4.33. The molecule has 7 heteroatoms. The number of rotatable bonds is 4. The van der Waals surface area contributed by atoms with Crippen molar-refractivity contribution in [3.05, 3.63) is 26.5 Å². The van der Waals surface area contributed by atoms with Crippen LogP contribution in [0.5, 0.6) is 17.2 Å². The van der Waals surface area contributed by atoms with Crippen LogP contribution in [0.2, 0.25) is 0 Å². The first-order chi connectivity index (χ1) is 9.58. The second-order valence-electron chi connectivity index (χ2n) is 3.76. The molecule has 0 radical (unpaired) electrons. The van der Waals surface area contributed by atoms with Gasteiger partial charge in [-0.25, -0.2) is 4.79 Å². The van der Waals surface area contributed by atoms with Crippen LogP contribution in [-0.4, -0.2) is 27.6 Å². The van der Waals surface area contributed by atoms with Gasteiger partial charge in [-0.2, -0.15) is 0 Å². The molecule has 0 saturated carbocycles. The van der Waals surface area contributed by atoms with Gasteiger partial charge in [0.1, 0.15) is 15.8 Å². The van der Waals surface area contributed by atoms with Crippen LogP contribution in [0.3, 0.4) is 0 Å².